The lowest BCUT2D eigenvalue weighted by Crippen LogP contribution is -2.42. The third kappa shape index (κ3) is 3.93. The average Bonchev–Trinajstić information content (AvgIpc) is 3.13. The van der Waals surface area contributed by atoms with Gasteiger partial charge in [-0.1, -0.05) is 42.1 Å². The molecular weight excluding hydrogens is 374 g/mol. The van der Waals surface area contributed by atoms with Gasteiger partial charge in [0.15, 0.2) is 11.0 Å². The van der Waals surface area contributed by atoms with Gasteiger partial charge in [0.05, 0.1) is 13.2 Å². The van der Waals surface area contributed by atoms with Crippen LogP contribution in [-0.2, 0) is 16.6 Å². The Hall–Kier alpha value is -2.71. The minimum absolute atomic E-state index is 0.0768. The summed E-state index contributed by atoms with van der Waals surface area (Å²) in [5, 5.41) is 8.98. The van der Waals surface area contributed by atoms with Crippen LogP contribution in [0.25, 0.3) is 11.4 Å². The number of aromatic nitrogens is 4. The van der Waals surface area contributed by atoms with E-state index in [4.69, 9.17) is 4.74 Å². The van der Waals surface area contributed by atoms with Gasteiger partial charge in [0.2, 0.25) is 5.91 Å². The standard InChI is InChI=1S/C20H21N5O2S/c1-24-18(16-7-9-21-10-8-16)22-23-20(24)28-17(15-5-3-2-4-6-15)19(26)25-11-13-27-14-12-25/h2-10,17H,11-14H2,1H3/t17-/m1/s1. The molecule has 7 nitrogen and oxygen atoms in total. The lowest BCUT2D eigenvalue weighted by atomic mass is 10.1. The topological polar surface area (TPSA) is 73.1 Å². The molecule has 28 heavy (non-hydrogen) atoms. The van der Waals surface area contributed by atoms with Crippen molar-refractivity contribution in [2.45, 2.75) is 10.4 Å². The van der Waals surface area contributed by atoms with Crippen molar-refractivity contribution < 1.29 is 9.53 Å². The summed E-state index contributed by atoms with van der Waals surface area (Å²) in [5.41, 5.74) is 1.89. The minimum Gasteiger partial charge on any atom is -0.378 e. The molecule has 0 radical (unpaired) electrons. The van der Waals surface area contributed by atoms with Crippen LogP contribution in [0, 0.1) is 0 Å². The first-order valence-electron chi connectivity index (χ1n) is 9.12. The second-order valence-corrected chi connectivity index (χ2v) is 7.52. The third-order valence-electron chi connectivity index (χ3n) is 4.65. The van der Waals surface area contributed by atoms with Crippen molar-refractivity contribution in [3.63, 3.8) is 0 Å². The van der Waals surface area contributed by atoms with Crippen molar-refractivity contribution in [1.29, 1.82) is 0 Å². The number of hydrogen-bond donors (Lipinski definition) is 0. The van der Waals surface area contributed by atoms with Gasteiger partial charge < -0.3 is 14.2 Å². The molecular formula is C20H21N5O2S. The number of benzene rings is 1. The van der Waals surface area contributed by atoms with E-state index < -0.39 is 0 Å². The van der Waals surface area contributed by atoms with Crippen LogP contribution < -0.4 is 0 Å². The summed E-state index contributed by atoms with van der Waals surface area (Å²) in [7, 11) is 1.92. The first kappa shape index (κ1) is 18.6. The van der Waals surface area contributed by atoms with Crippen molar-refractivity contribution in [1.82, 2.24) is 24.6 Å². The molecule has 1 saturated heterocycles. The lowest BCUT2D eigenvalue weighted by molar-refractivity contribution is -0.134. The zero-order valence-corrected chi connectivity index (χ0v) is 16.4. The molecule has 1 fully saturated rings. The Morgan fingerprint density at radius 2 is 1.79 bits per heavy atom. The van der Waals surface area contributed by atoms with Crippen LogP contribution in [0.15, 0.2) is 60.0 Å². The van der Waals surface area contributed by atoms with Crippen molar-refractivity contribution in [3.05, 3.63) is 60.4 Å². The fourth-order valence-corrected chi connectivity index (χ4v) is 4.20. The summed E-state index contributed by atoms with van der Waals surface area (Å²) in [5.74, 6) is 0.823. The van der Waals surface area contributed by atoms with Crippen LogP contribution in [0.1, 0.15) is 10.8 Å². The number of carbonyl (C=O) groups excluding carboxylic acids is 1. The number of pyridine rings is 1. The Kier molecular flexibility index (Phi) is 5.68. The maximum atomic E-state index is 13.3. The number of thioether (sulfide) groups is 1. The SMILES string of the molecule is Cn1c(S[C@@H](C(=O)N2CCOCC2)c2ccccc2)nnc1-c1ccncc1. The van der Waals surface area contributed by atoms with Gasteiger partial charge in [0, 0.05) is 38.1 Å². The van der Waals surface area contributed by atoms with Crippen molar-refractivity contribution in [3.8, 4) is 11.4 Å². The van der Waals surface area contributed by atoms with Crippen LogP contribution in [0.3, 0.4) is 0 Å². The van der Waals surface area contributed by atoms with E-state index in [9.17, 15) is 4.79 Å². The van der Waals surface area contributed by atoms with E-state index in [-0.39, 0.29) is 11.2 Å². The average molecular weight is 395 g/mol. The number of rotatable bonds is 5. The zero-order valence-electron chi connectivity index (χ0n) is 15.6. The van der Waals surface area contributed by atoms with E-state index in [2.05, 4.69) is 15.2 Å². The molecule has 1 atom stereocenters. The molecule has 4 rings (SSSR count). The molecule has 0 spiro atoms. The monoisotopic (exact) mass is 395 g/mol. The first-order valence-corrected chi connectivity index (χ1v) is 10.00. The molecule has 3 heterocycles. The fraction of sp³-hybridized carbons (Fsp3) is 0.300. The Bertz CT molecular complexity index is 926. The maximum absolute atomic E-state index is 13.3. The third-order valence-corrected chi connectivity index (χ3v) is 5.92. The molecule has 0 unspecified atom stereocenters. The normalized spacial score (nSPS) is 15.4. The quantitative estimate of drug-likeness (QED) is 0.618. The highest BCUT2D eigenvalue weighted by Crippen LogP contribution is 2.37. The van der Waals surface area contributed by atoms with Gasteiger partial charge in [-0.2, -0.15) is 0 Å². The Balaban J connectivity index is 1.63. The summed E-state index contributed by atoms with van der Waals surface area (Å²) < 4.78 is 7.31. The number of ether oxygens (including phenoxy) is 1. The van der Waals surface area contributed by atoms with Crippen LogP contribution in [0.4, 0.5) is 0 Å². The zero-order chi connectivity index (χ0) is 19.3. The minimum atomic E-state index is -0.382. The highest BCUT2D eigenvalue weighted by molar-refractivity contribution is 8.00. The molecule has 1 amide bonds. The Morgan fingerprint density at radius 1 is 1.07 bits per heavy atom. The molecule has 3 aromatic rings. The molecule has 1 aliphatic rings. The Morgan fingerprint density at radius 3 is 2.50 bits per heavy atom. The number of nitrogens with zero attached hydrogens (tertiary/aromatic N) is 5. The fourth-order valence-electron chi connectivity index (χ4n) is 3.11. The summed E-state index contributed by atoms with van der Waals surface area (Å²) in [6, 6.07) is 13.6. The number of morpholine rings is 1. The highest BCUT2D eigenvalue weighted by Gasteiger charge is 2.30. The van der Waals surface area contributed by atoms with Crippen LogP contribution in [0.5, 0.6) is 0 Å². The summed E-state index contributed by atoms with van der Waals surface area (Å²) in [6.45, 7) is 2.38. The number of hydrogen-bond acceptors (Lipinski definition) is 6. The van der Waals surface area contributed by atoms with E-state index in [0.717, 1.165) is 17.0 Å². The van der Waals surface area contributed by atoms with E-state index in [0.29, 0.717) is 31.5 Å². The largest absolute Gasteiger partial charge is 0.378 e. The predicted molar refractivity (Wildman–Crippen MR) is 107 cm³/mol. The summed E-state index contributed by atoms with van der Waals surface area (Å²) in [6.07, 6.45) is 3.46. The van der Waals surface area contributed by atoms with E-state index in [1.54, 1.807) is 12.4 Å². The molecule has 0 saturated carbocycles. The van der Waals surface area contributed by atoms with E-state index in [1.807, 2.05) is 59.0 Å². The van der Waals surface area contributed by atoms with Gasteiger partial charge >= 0.3 is 0 Å². The lowest BCUT2D eigenvalue weighted by Gasteiger charge is -2.30. The molecule has 144 valence electrons. The van der Waals surface area contributed by atoms with Crippen LogP contribution in [0.2, 0.25) is 0 Å². The van der Waals surface area contributed by atoms with Gasteiger partial charge in [-0.05, 0) is 17.7 Å². The summed E-state index contributed by atoms with van der Waals surface area (Å²) in [4.78, 5) is 19.2. The second kappa shape index (κ2) is 8.53. The van der Waals surface area contributed by atoms with Gasteiger partial charge in [-0.25, -0.2) is 0 Å². The highest BCUT2D eigenvalue weighted by atomic mass is 32.2. The number of carbonyl (C=O) groups is 1. The Labute approximate surface area is 167 Å². The van der Waals surface area contributed by atoms with Gasteiger partial charge in [-0.3, -0.25) is 9.78 Å². The maximum Gasteiger partial charge on any atom is 0.240 e. The van der Waals surface area contributed by atoms with Gasteiger partial charge in [0.1, 0.15) is 5.25 Å². The van der Waals surface area contributed by atoms with Crippen LogP contribution >= 0.6 is 11.8 Å². The predicted octanol–water partition coefficient (Wildman–Crippen LogP) is 2.57. The summed E-state index contributed by atoms with van der Waals surface area (Å²) >= 11 is 1.43. The molecule has 0 N–H and O–H groups in total. The van der Waals surface area contributed by atoms with E-state index >= 15 is 0 Å². The first-order chi connectivity index (χ1) is 13.7. The van der Waals surface area contributed by atoms with Crippen molar-refractivity contribution in [2.75, 3.05) is 26.3 Å². The van der Waals surface area contributed by atoms with E-state index in [1.165, 1.54) is 11.8 Å². The van der Waals surface area contributed by atoms with Crippen molar-refractivity contribution >= 4 is 17.7 Å². The molecule has 0 bridgehead atoms. The number of amides is 1. The molecule has 0 aliphatic carbocycles. The molecule has 1 aliphatic heterocycles. The second-order valence-electron chi connectivity index (χ2n) is 6.45. The van der Waals surface area contributed by atoms with Gasteiger partial charge in [0.25, 0.3) is 0 Å². The molecule has 1 aromatic carbocycles. The van der Waals surface area contributed by atoms with Crippen molar-refractivity contribution in [2.24, 2.45) is 7.05 Å². The molecule has 8 heteroatoms. The van der Waals surface area contributed by atoms with Crippen LogP contribution in [-0.4, -0.2) is 56.9 Å². The molecule has 2 aromatic heterocycles. The smallest absolute Gasteiger partial charge is 0.240 e. The van der Waals surface area contributed by atoms with Gasteiger partial charge in [-0.15, -0.1) is 10.2 Å².